The fraction of sp³-hybridized carbons (Fsp3) is 0.446. The SMILES string of the molecule is CCCCCCCCCCCC1c2cc3c4cc2OCc2ccc5ccccc5c2-c2c(ccc5ccccc25)COc2cc5c(cc21)C(CCCCCCCCCCC)c1cc2c(cc1OP(=S)(c1ccccc1)O5)OP(=S)(c1ccccc1)Oc1cc(c(cc1C2CCCCCCCCCCC)C3CCCCCCCCCCC)OP(=S)(c1ccccc1)O4. The van der Waals surface area contributed by atoms with Gasteiger partial charge in [-0.2, -0.15) is 0 Å². The smallest absolute Gasteiger partial charge is 0.319 e. The second-order valence-corrected chi connectivity index (χ2v) is 46.6. The van der Waals surface area contributed by atoms with Crippen LogP contribution in [0, 0.1) is 0 Å². The molecular formula is C112H135O8P3S3. The van der Waals surface area contributed by atoms with Crippen molar-refractivity contribution in [2.75, 3.05) is 0 Å². The zero-order chi connectivity index (χ0) is 86.5. The molecule has 4 atom stereocenters. The van der Waals surface area contributed by atoms with Crippen molar-refractivity contribution in [3.63, 3.8) is 0 Å². The molecule has 0 saturated heterocycles. The molecule has 0 amide bonds. The van der Waals surface area contributed by atoms with Crippen molar-refractivity contribution in [3.05, 3.63) is 268 Å². The van der Waals surface area contributed by atoms with Crippen molar-refractivity contribution in [2.24, 2.45) is 0 Å². The molecule has 4 heterocycles. The van der Waals surface area contributed by atoms with E-state index in [1.54, 1.807) is 0 Å². The number of rotatable bonds is 43. The van der Waals surface area contributed by atoms with Gasteiger partial charge in [0, 0.05) is 92.4 Å². The van der Waals surface area contributed by atoms with E-state index >= 15 is 0 Å². The van der Waals surface area contributed by atoms with E-state index in [1.165, 1.54) is 154 Å². The Balaban J connectivity index is 1.01. The summed E-state index contributed by atoms with van der Waals surface area (Å²) in [4.78, 5) is 0. The van der Waals surface area contributed by atoms with Gasteiger partial charge < -0.3 is 36.6 Å². The zero-order valence-electron chi connectivity index (χ0n) is 75.5. The molecule has 8 nitrogen and oxygen atoms in total. The molecule has 11 aromatic rings. The molecule has 5 aliphatic rings. The third-order valence-corrected chi connectivity index (χ3v) is 36.2. The van der Waals surface area contributed by atoms with E-state index in [4.69, 9.17) is 72.0 Å². The van der Waals surface area contributed by atoms with Crippen molar-refractivity contribution in [1.82, 2.24) is 0 Å². The van der Waals surface area contributed by atoms with Gasteiger partial charge in [0.25, 0.3) is 0 Å². The molecule has 11 aromatic carbocycles. The van der Waals surface area contributed by atoms with E-state index in [2.05, 4.69) is 234 Å². The van der Waals surface area contributed by atoms with Crippen molar-refractivity contribution in [1.29, 1.82) is 0 Å². The van der Waals surface area contributed by atoms with Gasteiger partial charge >= 0.3 is 19.5 Å². The van der Waals surface area contributed by atoms with Gasteiger partial charge in [0.05, 0.1) is 15.9 Å². The average molecular weight is 1800 g/mol. The summed E-state index contributed by atoms with van der Waals surface area (Å²) in [6.07, 6.45) is 46.4. The van der Waals surface area contributed by atoms with Gasteiger partial charge in [-0.1, -0.05) is 386 Å². The molecule has 0 saturated carbocycles. The number of fused-ring (bicyclic) bond motifs is 7. The third kappa shape index (κ3) is 21.8. The first kappa shape index (κ1) is 91.6. The molecule has 0 radical (unpaired) electrons. The highest BCUT2D eigenvalue weighted by atomic mass is 32.5. The Morgan fingerprint density at radius 3 is 0.698 bits per heavy atom. The Kier molecular flexibility index (Phi) is 32.5. The maximum atomic E-state index is 8.08. The second kappa shape index (κ2) is 44.7. The zero-order valence-corrected chi connectivity index (χ0v) is 80.7. The minimum atomic E-state index is -3.62. The van der Waals surface area contributed by atoms with Crippen LogP contribution < -0.4 is 52.5 Å². The minimum absolute atomic E-state index is 0.256. The summed E-state index contributed by atoms with van der Waals surface area (Å²) < 4.78 is 64.0. The summed E-state index contributed by atoms with van der Waals surface area (Å²) in [5, 5.41) is 6.99. The molecule has 126 heavy (non-hydrogen) atoms. The van der Waals surface area contributed by atoms with Crippen molar-refractivity contribution in [3.8, 4) is 57.1 Å². The molecule has 0 N–H and O–H groups in total. The summed E-state index contributed by atoms with van der Waals surface area (Å²) in [6.45, 7) is -1.07. The molecule has 664 valence electrons. The molecule has 0 aromatic heterocycles. The van der Waals surface area contributed by atoms with E-state index < -0.39 is 19.5 Å². The summed E-state index contributed by atoms with van der Waals surface area (Å²) in [6, 6.07) is 77.1. The minimum Gasteiger partial charge on any atom is -0.488 e. The normalized spacial score (nSPS) is 19.4. The van der Waals surface area contributed by atoms with Crippen LogP contribution in [0.2, 0.25) is 0 Å². The van der Waals surface area contributed by atoms with Crippen LogP contribution in [-0.4, -0.2) is 0 Å². The molecule has 0 spiro atoms. The number of hydrogen-bond donors (Lipinski definition) is 0. The van der Waals surface area contributed by atoms with Crippen LogP contribution in [0.25, 0.3) is 32.7 Å². The highest BCUT2D eigenvalue weighted by Crippen LogP contribution is 2.65. The fourth-order valence-electron chi connectivity index (χ4n) is 20.6. The Morgan fingerprint density at radius 2 is 0.444 bits per heavy atom. The molecule has 14 heteroatoms. The van der Waals surface area contributed by atoms with Crippen LogP contribution in [0.1, 0.15) is 364 Å². The molecule has 4 unspecified atom stereocenters. The lowest BCUT2D eigenvalue weighted by molar-refractivity contribution is 0.296. The maximum absolute atomic E-state index is 8.08. The van der Waals surface area contributed by atoms with Gasteiger partial charge in [0.1, 0.15) is 59.2 Å². The topological polar surface area (TPSA) is 73.8 Å². The highest BCUT2D eigenvalue weighted by molar-refractivity contribution is 8.14. The van der Waals surface area contributed by atoms with E-state index in [0.29, 0.717) is 34.5 Å². The molecule has 4 aliphatic heterocycles. The first-order chi connectivity index (χ1) is 61.9. The average Bonchev–Trinajstić information content (AvgIpc) is 0.772. The maximum Gasteiger partial charge on any atom is 0.319 e. The molecule has 0 fully saturated rings. The predicted molar refractivity (Wildman–Crippen MR) is 541 cm³/mol. The summed E-state index contributed by atoms with van der Waals surface area (Å²) in [5.41, 5.74) is 13.1. The van der Waals surface area contributed by atoms with E-state index in [1.807, 2.05) is 6.07 Å². The third-order valence-electron chi connectivity index (χ3n) is 27.5. The monoisotopic (exact) mass is 1800 g/mol. The van der Waals surface area contributed by atoms with Gasteiger partial charge in [0.15, 0.2) is 0 Å². The Hall–Kier alpha value is -7.71. The van der Waals surface area contributed by atoms with Crippen LogP contribution >= 0.6 is 19.5 Å². The van der Waals surface area contributed by atoms with Gasteiger partial charge in [-0.15, -0.1) is 0 Å². The fourth-order valence-corrected chi connectivity index (χ4v) is 28.0. The van der Waals surface area contributed by atoms with Crippen molar-refractivity contribution in [2.45, 2.75) is 321 Å². The van der Waals surface area contributed by atoms with Gasteiger partial charge in [-0.25, -0.2) is 0 Å². The number of hydrogen-bond acceptors (Lipinski definition) is 11. The lowest BCUT2D eigenvalue weighted by Crippen LogP contribution is -2.23. The largest absolute Gasteiger partial charge is 0.488 e. The number of unbranched alkanes of at least 4 members (excludes halogenated alkanes) is 32. The van der Waals surface area contributed by atoms with E-state index in [-0.39, 0.29) is 36.9 Å². The van der Waals surface area contributed by atoms with Crippen LogP contribution in [0.5, 0.6) is 46.0 Å². The molecular weight excluding hydrogens is 1660 g/mol. The van der Waals surface area contributed by atoms with E-state index in [0.717, 1.165) is 218 Å². The van der Waals surface area contributed by atoms with E-state index in [9.17, 15) is 0 Å². The van der Waals surface area contributed by atoms with Crippen LogP contribution in [-0.2, 0) is 48.6 Å². The van der Waals surface area contributed by atoms with Gasteiger partial charge in [-0.05, 0) is 166 Å². The standard InChI is InChI=1S/C112H135O8P3S3/c1-5-9-13-17-21-25-29-33-46-64-91-95-72-97-92(65-47-34-30-26-22-18-14-10-6-2)99-74-101-94(67-49-36-32-28-24-20-16-12-8-4)102-75-100-93(66-48-35-31-27-23-19-15-11-7-3)98-73-96(91)104-77-106(98)116-122(125,87-58-42-38-43-59-87)118-108(100)79-110(102)120-123(126,88-60-44-39-45-61-88)119-109(101)78-107(99)117-121(124,86-56-40-37-41-57-86)115-105(97)76-103(95)113-80-84-70-68-82-54-50-52-62-89(82)111(84)112-85(81-114-104)71-69-83-55-51-53-63-90(83)112/h37-45,50-63,68-79,91-94H,5-36,46-49,64-67,80-81H2,1-4H3. The quantitative estimate of drug-likeness (QED) is 0.0271. The first-order valence-corrected chi connectivity index (χ1v) is 57.0. The van der Waals surface area contributed by atoms with Gasteiger partial charge in [0.2, 0.25) is 0 Å². The highest BCUT2D eigenvalue weighted by Gasteiger charge is 2.44. The Labute approximate surface area is 769 Å². The summed E-state index contributed by atoms with van der Waals surface area (Å²) in [5.74, 6) is 4.43. The van der Waals surface area contributed by atoms with Crippen LogP contribution in [0.4, 0.5) is 0 Å². The van der Waals surface area contributed by atoms with Gasteiger partial charge in [-0.3, -0.25) is 0 Å². The first-order valence-electron chi connectivity index (χ1n) is 49.1. The second-order valence-electron chi connectivity index (χ2n) is 36.7. The van der Waals surface area contributed by atoms with Crippen molar-refractivity contribution < 1.29 is 36.6 Å². The van der Waals surface area contributed by atoms with Crippen molar-refractivity contribution >= 4 is 92.4 Å². The lowest BCUT2D eigenvalue weighted by Gasteiger charge is -2.38. The summed E-state index contributed by atoms with van der Waals surface area (Å²) >= 11 is 21.8. The van der Waals surface area contributed by atoms with Crippen LogP contribution in [0.15, 0.2) is 212 Å². The molecule has 16 rings (SSSR count). The molecule has 8 bridgehead atoms. The van der Waals surface area contributed by atoms with Crippen LogP contribution in [0.3, 0.4) is 0 Å². The predicted octanol–water partition coefficient (Wildman–Crippen LogP) is 33.9. The summed E-state index contributed by atoms with van der Waals surface area (Å²) in [7, 11) is 0. The number of ether oxygens (including phenoxy) is 2. The number of benzene rings is 11. The Morgan fingerprint density at radius 1 is 0.230 bits per heavy atom. The Bertz CT molecular complexity index is 5300. The lowest BCUT2D eigenvalue weighted by atomic mass is 9.76. The molecule has 1 aliphatic carbocycles.